The van der Waals surface area contributed by atoms with E-state index in [2.05, 4.69) is 4.98 Å². The van der Waals surface area contributed by atoms with Crippen molar-refractivity contribution >= 4 is 11.0 Å². The van der Waals surface area contributed by atoms with Crippen LogP contribution in [0.25, 0.3) is 11.0 Å². The Kier molecular flexibility index (Phi) is 5.51. The summed E-state index contributed by atoms with van der Waals surface area (Å²) in [5.41, 5.74) is 0.894. The van der Waals surface area contributed by atoms with Crippen LogP contribution in [0.15, 0.2) is 36.4 Å². The third kappa shape index (κ3) is 4.06. The highest BCUT2D eigenvalue weighted by molar-refractivity contribution is 5.77. The van der Waals surface area contributed by atoms with Gasteiger partial charge in [0.25, 0.3) is 0 Å². The van der Waals surface area contributed by atoms with E-state index in [0.29, 0.717) is 29.3 Å². The van der Waals surface area contributed by atoms with Gasteiger partial charge in [0, 0.05) is 6.42 Å². The average molecular weight is 394 g/mol. The Morgan fingerprint density at radius 3 is 2.39 bits per heavy atom. The van der Waals surface area contributed by atoms with E-state index in [4.69, 9.17) is 9.47 Å². The SMILES string of the molecule is COc1ccc(Cc2nc3cc(C(F)(F)F)ccc3n2CC(C)O)cc1OC. The molecule has 0 saturated carbocycles. The van der Waals surface area contributed by atoms with E-state index in [-0.39, 0.29) is 12.1 Å². The molecule has 1 N–H and O–H groups in total. The van der Waals surface area contributed by atoms with Gasteiger partial charge in [-0.25, -0.2) is 4.98 Å². The molecular formula is C20H21F3N2O3. The minimum Gasteiger partial charge on any atom is -0.493 e. The Labute approximate surface area is 160 Å². The largest absolute Gasteiger partial charge is 0.493 e. The van der Waals surface area contributed by atoms with Crippen molar-refractivity contribution in [2.24, 2.45) is 0 Å². The summed E-state index contributed by atoms with van der Waals surface area (Å²) >= 11 is 0. The third-order valence-corrected chi connectivity index (χ3v) is 4.41. The molecule has 8 heteroatoms. The normalized spacial score (nSPS) is 13.0. The van der Waals surface area contributed by atoms with Gasteiger partial charge in [-0.2, -0.15) is 13.2 Å². The van der Waals surface area contributed by atoms with Crippen molar-refractivity contribution < 1.29 is 27.8 Å². The lowest BCUT2D eigenvalue weighted by Crippen LogP contribution is -2.14. The molecule has 5 nitrogen and oxygen atoms in total. The number of halogens is 3. The molecule has 3 rings (SSSR count). The molecule has 0 spiro atoms. The standard InChI is InChI=1S/C20H21F3N2O3/c1-12(26)11-25-16-6-5-14(20(21,22)23)10-15(16)24-19(25)9-13-4-7-17(27-2)18(8-13)28-3/h4-8,10,12,26H,9,11H2,1-3H3. The molecule has 0 aliphatic carbocycles. The molecule has 0 aliphatic rings. The molecule has 1 unspecified atom stereocenters. The minimum absolute atomic E-state index is 0.227. The zero-order valence-electron chi connectivity index (χ0n) is 15.7. The zero-order chi connectivity index (χ0) is 20.5. The van der Waals surface area contributed by atoms with Gasteiger partial charge in [-0.05, 0) is 42.8 Å². The molecule has 0 aliphatic heterocycles. The Bertz CT molecular complexity index is 981. The van der Waals surface area contributed by atoms with Crippen LogP contribution in [0.2, 0.25) is 0 Å². The maximum absolute atomic E-state index is 13.0. The van der Waals surface area contributed by atoms with Gasteiger partial charge in [0.2, 0.25) is 0 Å². The van der Waals surface area contributed by atoms with E-state index in [1.54, 1.807) is 23.6 Å². The van der Waals surface area contributed by atoms with Crippen molar-refractivity contribution in [3.05, 3.63) is 53.3 Å². The number of ether oxygens (including phenoxy) is 2. The summed E-state index contributed by atoms with van der Waals surface area (Å²) in [4.78, 5) is 4.41. The molecule has 1 aromatic heterocycles. The van der Waals surface area contributed by atoms with Crippen molar-refractivity contribution in [2.75, 3.05) is 14.2 Å². The molecule has 1 heterocycles. The molecule has 3 aromatic rings. The molecule has 0 bridgehead atoms. The second kappa shape index (κ2) is 7.71. The van der Waals surface area contributed by atoms with Gasteiger partial charge in [0.1, 0.15) is 5.82 Å². The van der Waals surface area contributed by atoms with Crippen LogP contribution in [0.3, 0.4) is 0 Å². The van der Waals surface area contributed by atoms with Crippen LogP contribution in [0.1, 0.15) is 23.9 Å². The lowest BCUT2D eigenvalue weighted by molar-refractivity contribution is -0.137. The van der Waals surface area contributed by atoms with Gasteiger partial charge >= 0.3 is 6.18 Å². The van der Waals surface area contributed by atoms with Gasteiger partial charge in [0.15, 0.2) is 11.5 Å². The van der Waals surface area contributed by atoms with E-state index in [1.165, 1.54) is 20.3 Å². The number of hydrogen-bond acceptors (Lipinski definition) is 4. The number of rotatable bonds is 6. The van der Waals surface area contributed by atoms with Crippen molar-refractivity contribution in [3.63, 3.8) is 0 Å². The zero-order valence-corrected chi connectivity index (χ0v) is 15.7. The Morgan fingerprint density at radius 1 is 1.07 bits per heavy atom. The third-order valence-electron chi connectivity index (χ3n) is 4.41. The molecular weight excluding hydrogens is 373 g/mol. The number of hydrogen-bond donors (Lipinski definition) is 1. The van der Waals surface area contributed by atoms with Crippen molar-refractivity contribution in [2.45, 2.75) is 32.2 Å². The summed E-state index contributed by atoms with van der Waals surface area (Å²) in [5, 5.41) is 9.84. The van der Waals surface area contributed by atoms with Crippen LogP contribution in [0.4, 0.5) is 13.2 Å². The first-order chi connectivity index (χ1) is 13.2. The molecule has 0 radical (unpaired) electrons. The summed E-state index contributed by atoms with van der Waals surface area (Å²) < 4.78 is 51.4. The number of fused-ring (bicyclic) bond motifs is 1. The maximum atomic E-state index is 13.0. The van der Waals surface area contributed by atoms with Crippen molar-refractivity contribution in [1.29, 1.82) is 0 Å². The number of methoxy groups -OCH3 is 2. The van der Waals surface area contributed by atoms with Crippen molar-refractivity contribution in [3.8, 4) is 11.5 Å². The second-order valence-electron chi connectivity index (χ2n) is 6.56. The first kappa shape index (κ1) is 20.0. The van der Waals surface area contributed by atoms with E-state index in [9.17, 15) is 18.3 Å². The summed E-state index contributed by atoms with van der Waals surface area (Å²) in [6, 6.07) is 8.86. The smallest absolute Gasteiger partial charge is 0.416 e. The number of aromatic nitrogens is 2. The first-order valence-electron chi connectivity index (χ1n) is 8.68. The fraction of sp³-hybridized carbons (Fsp3) is 0.350. The predicted octanol–water partition coefficient (Wildman–Crippen LogP) is 4.04. The number of aliphatic hydroxyl groups is 1. The molecule has 1 atom stereocenters. The van der Waals surface area contributed by atoms with Crippen LogP contribution in [0.5, 0.6) is 11.5 Å². The van der Waals surface area contributed by atoms with Crippen LogP contribution in [-0.2, 0) is 19.1 Å². The molecule has 28 heavy (non-hydrogen) atoms. The molecule has 150 valence electrons. The van der Waals surface area contributed by atoms with E-state index >= 15 is 0 Å². The molecule has 2 aromatic carbocycles. The fourth-order valence-electron chi connectivity index (χ4n) is 3.13. The lowest BCUT2D eigenvalue weighted by atomic mass is 10.1. The summed E-state index contributed by atoms with van der Waals surface area (Å²) in [5.74, 6) is 1.69. The number of nitrogens with zero attached hydrogens (tertiary/aromatic N) is 2. The Balaban J connectivity index is 2.06. The van der Waals surface area contributed by atoms with Crippen molar-refractivity contribution in [1.82, 2.24) is 9.55 Å². The number of alkyl halides is 3. The van der Waals surface area contributed by atoms with Gasteiger partial charge in [-0.3, -0.25) is 0 Å². The Hall–Kier alpha value is -2.74. The Morgan fingerprint density at radius 2 is 1.79 bits per heavy atom. The minimum atomic E-state index is -4.44. The van der Waals surface area contributed by atoms with Gasteiger partial charge < -0.3 is 19.1 Å². The summed E-state index contributed by atoms with van der Waals surface area (Å²) in [6.45, 7) is 1.85. The predicted molar refractivity (Wildman–Crippen MR) is 98.8 cm³/mol. The number of imidazole rings is 1. The van der Waals surface area contributed by atoms with Gasteiger partial charge in [-0.15, -0.1) is 0 Å². The summed E-state index contributed by atoms with van der Waals surface area (Å²) in [6.07, 6.45) is -4.75. The highest BCUT2D eigenvalue weighted by Gasteiger charge is 2.31. The molecule has 0 amide bonds. The van der Waals surface area contributed by atoms with E-state index in [1.807, 2.05) is 6.07 Å². The summed E-state index contributed by atoms with van der Waals surface area (Å²) in [7, 11) is 3.07. The van der Waals surface area contributed by atoms with Gasteiger partial charge in [-0.1, -0.05) is 6.07 Å². The number of aliphatic hydroxyl groups excluding tert-OH is 1. The number of benzene rings is 2. The van der Waals surface area contributed by atoms with Crippen LogP contribution < -0.4 is 9.47 Å². The fourth-order valence-corrected chi connectivity index (χ4v) is 3.13. The van der Waals surface area contributed by atoms with Crippen LogP contribution >= 0.6 is 0 Å². The van der Waals surface area contributed by atoms with Gasteiger partial charge in [0.05, 0.1) is 43.5 Å². The highest BCUT2D eigenvalue weighted by Crippen LogP contribution is 2.32. The molecule has 0 saturated heterocycles. The van der Waals surface area contributed by atoms with E-state index < -0.39 is 17.8 Å². The quantitative estimate of drug-likeness (QED) is 0.686. The monoisotopic (exact) mass is 394 g/mol. The first-order valence-corrected chi connectivity index (χ1v) is 8.68. The maximum Gasteiger partial charge on any atom is 0.416 e. The molecule has 0 fully saturated rings. The second-order valence-corrected chi connectivity index (χ2v) is 6.56. The van der Waals surface area contributed by atoms with E-state index in [0.717, 1.165) is 17.7 Å². The lowest BCUT2D eigenvalue weighted by Gasteiger charge is -2.13. The van der Waals surface area contributed by atoms with Crippen LogP contribution in [-0.4, -0.2) is 35.0 Å². The highest BCUT2D eigenvalue weighted by atomic mass is 19.4. The topological polar surface area (TPSA) is 56.5 Å². The average Bonchev–Trinajstić information content (AvgIpc) is 2.96. The van der Waals surface area contributed by atoms with Crippen LogP contribution in [0, 0.1) is 0 Å².